The van der Waals surface area contributed by atoms with E-state index in [1.165, 1.54) is 19.2 Å². The Labute approximate surface area is 120 Å². The minimum Gasteiger partial charge on any atom is -0.496 e. The molecule has 1 aromatic rings. The summed E-state index contributed by atoms with van der Waals surface area (Å²) in [6.07, 6.45) is -4.75. The SMILES string of the molecule is COc1cccc(OC(F)(F)F)c1CNC1=NCC(C)N1. The van der Waals surface area contributed by atoms with Crippen LogP contribution in [0.5, 0.6) is 11.5 Å². The molecule has 2 N–H and O–H groups in total. The van der Waals surface area contributed by atoms with Gasteiger partial charge in [-0.3, -0.25) is 4.99 Å². The Morgan fingerprint density at radius 3 is 2.67 bits per heavy atom. The van der Waals surface area contributed by atoms with Gasteiger partial charge >= 0.3 is 6.36 Å². The van der Waals surface area contributed by atoms with Gasteiger partial charge < -0.3 is 20.1 Å². The summed E-state index contributed by atoms with van der Waals surface area (Å²) in [5, 5.41) is 6.01. The number of guanidine groups is 1. The number of hydrogen-bond donors (Lipinski definition) is 2. The molecule has 1 heterocycles. The van der Waals surface area contributed by atoms with E-state index in [4.69, 9.17) is 4.74 Å². The Hall–Kier alpha value is -2.12. The molecule has 0 bridgehead atoms. The molecule has 1 aromatic carbocycles. The Morgan fingerprint density at radius 2 is 2.10 bits per heavy atom. The molecular weight excluding hydrogens is 287 g/mol. The lowest BCUT2D eigenvalue weighted by Crippen LogP contribution is -2.37. The fraction of sp³-hybridized carbons (Fsp3) is 0.462. The number of halogens is 3. The molecule has 2 rings (SSSR count). The quantitative estimate of drug-likeness (QED) is 0.893. The first kappa shape index (κ1) is 15.3. The number of alkyl halides is 3. The molecule has 0 aliphatic carbocycles. The Bertz CT molecular complexity index is 532. The van der Waals surface area contributed by atoms with Gasteiger partial charge in [-0.05, 0) is 19.1 Å². The number of rotatable bonds is 4. The van der Waals surface area contributed by atoms with Crippen molar-refractivity contribution in [3.8, 4) is 11.5 Å². The molecule has 1 aliphatic rings. The van der Waals surface area contributed by atoms with Crippen molar-refractivity contribution in [2.45, 2.75) is 25.9 Å². The van der Waals surface area contributed by atoms with Crippen LogP contribution in [0.4, 0.5) is 13.2 Å². The maximum absolute atomic E-state index is 12.4. The topological polar surface area (TPSA) is 54.9 Å². The van der Waals surface area contributed by atoms with Gasteiger partial charge in [0.1, 0.15) is 11.5 Å². The second-order valence-corrected chi connectivity index (χ2v) is 4.57. The van der Waals surface area contributed by atoms with Crippen LogP contribution in [0.2, 0.25) is 0 Å². The van der Waals surface area contributed by atoms with Gasteiger partial charge in [0.05, 0.1) is 25.8 Å². The highest BCUT2D eigenvalue weighted by atomic mass is 19.4. The van der Waals surface area contributed by atoms with Crippen LogP contribution in [0.25, 0.3) is 0 Å². The Kier molecular flexibility index (Phi) is 4.44. The van der Waals surface area contributed by atoms with E-state index >= 15 is 0 Å². The molecule has 1 atom stereocenters. The molecule has 0 saturated carbocycles. The van der Waals surface area contributed by atoms with Crippen LogP contribution in [0.3, 0.4) is 0 Å². The lowest BCUT2D eigenvalue weighted by atomic mass is 10.1. The molecule has 5 nitrogen and oxygen atoms in total. The van der Waals surface area contributed by atoms with Crippen LogP contribution in [-0.2, 0) is 6.54 Å². The summed E-state index contributed by atoms with van der Waals surface area (Å²) in [4.78, 5) is 4.18. The minimum absolute atomic E-state index is 0.105. The van der Waals surface area contributed by atoms with Crippen LogP contribution in [0, 0.1) is 0 Å². The van der Waals surface area contributed by atoms with E-state index in [9.17, 15) is 13.2 Å². The first-order chi connectivity index (χ1) is 9.89. The molecular formula is C13H16F3N3O2. The minimum atomic E-state index is -4.75. The molecule has 1 aliphatic heterocycles. The van der Waals surface area contributed by atoms with Crippen LogP contribution in [-0.4, -0.2) is 32.0 Å². The van der Waals surface area contributed by atoms with Crippen molar-refractivity contribution in [3.63, 3.8) is 0 Å². The van der Waals surface area contributed by atoms with Gasteiger partial charge in [-0.2, -0.15) is 0 Å². The fourth-order valence-electron chi connectivity index (χ4n) is 1.96. The summed E-state index contributed by atoms with van der Waals surface area (Å²) in [7, 11) is 1.39. The predicted molar refractivity (Wildman–Crippen MR) is 71.4 cm³/mol. The molecule has 8 heteroatoms. The van der Waals surface area contributed by atoms with Crippen molar-refractivity contribution >= 4 is 5.96 Å². The standard InChI is InChI=1S/C13H16F3N3O2/c1-8-6-17-12(19-8)18-7-9-10(20-2)4-3-5-11(9)21-13(14,15)16/h3-5,8H,6-7H2,1-2H3,(H2,17,18,19). The largest absolute Gasteiger partial charge is 0.573 e. The molecule has 21 heavy (non-hydrogen) atoms. The van der Waals surface area contributed by atoms with E-state index in [0.717, 1.165) is 0 Å². The van der Waals surface area contributed by atoms with Crippen molar-refractivity contribution in [1.29, 1.82) is 0 Å². The summed E-state index contributed by atoms with van der Waals surface area (Å²) in [5.74, 6) is 0.572. The highest BCUT2D eigenvalue weighted by Crippen LogP contribution is 2.32. The highest BCUT2D eigenvalue weighted by molar-refractivity contribution is 5.81. The highest BCUT2D eigenvalue weighted by Gasteiger charge is 2.32. The second-order valence-electron chi connectivity index (χ2n) is 4.57. The van der Waals surface area contributed by atoms with Crippen molar-refractivity contribution < 1.29 is 22.6 Å². The van der Waals surface area contributed by atoms with E-state index in [1.54, 1.807) is 6.07 Å². The van der Waals surface area contributed by atoms with E-state index in [-0.39, 0.29) is 23.9 Å². The normalized spacial score (nSPS) is 18.0. The molecule has 116 valence electrons. The Balaban J connectivity index is 2.15. The van der Waals surface area contributed by atoms with Gasteiger partial charge in [0, 0.05) is 6.04 Å². The van der Waals surface area contributed by atoms with Crippen molar-refractivity contribution in [2.75, 3.05) is 13.7 Å². The van der Waals surface area contributed by atoms with E-state index in [1.807, 2.05) is 6.92 Å². The third-order valence-electron chi connectivity index (χ3n) is 2.87. The van der Waals surface area contributed by atoms with Crippen LogP contribution >= 0.6 is 0 Å². The second kappa shape index (κ2) is 6.11. The van der Waals surface area contributed by atoms with E-state index < -0.39 is 6.36 Å². The van der Waals surface area contributed by atoms with Gasteiger partial charge in [0.2, 0.25) is 0 Å². The smallest absolute Gasteiger partial charge is 0.496 e. The van der Waals surface area contributed by atoms with Gasteiger partial charge in [-0.1, -0.05) is 6.07 Å². The zero-order valence-electron chi connectivity index (χ0n) is 11.6. The average Bonchev–Trinajstić information content (AvgIpc) is 2.81. The van der Waals surface area contributed by atoms with Crippen molar-refractivity contribution in [3.05, 3.63) is 23.8 Å². The number of nitrogens with zero attached hydrogens (tertiary/aromatic N) is 1. The van der Waals surface area contributed by atoms with Crippen LogP contribution in [0.15, 0.2) is 23.2 Å². The summed E-state index contributed by atoms with van der Waals surface area (Å²) < 4.78 is 46.4. The number of benzene rings is 1. The number of methoxy groups -OCH3 is 1. The van der Waals surface area contributed by atoms with Crippen LogP contribution < -0.4 is 20.1 Å². The van der Waals surface area contributed by atoms with Crippen LogP contribution in [0.1, 0.15) is 12.5 Å². The lowest BCUT2D eigenvalue weighted by Gasteiger charge is -2.17. The van der Waals surface area contributed by atoms with E-state index in [2.05, 4.69) is 20.4 Å². The summed E-state index contributed by atoms with van der Waals surface area (Å²) >= 11 is 0. The molecule has 0 amide bonds. The predicted octanol–water partition coefficient (Wildman–Crippen LogP) is 2.03. The number of ether oxygens (including phenoxy) is 2. The van der Waals surface area contributed by atoms with E-state index in [0.29, 0.717) is 18.3 Å². The van der Waals surface area contributed by atoms with Crippen molar-refractivity contribution in [2.24, 2.45) is 4.99 Å². The third-order valence-corrected chi connectivity index (χ3v) is 2.87. The first-order valence-corrected chi connectivity index (χ1v) is 6.35. The summed E-state index contributed by atoms with van der Waals surface area (Å²) in [6.45, 7) is 2.69. The first-order valence-electron chi connectivity index (χ1n) is 6.35. The molecule has 0 aromatic heterocycles. The summed E-state index contributed by atoms with van der Waals surface area (Å²) in [6, 6.07) is 4.47. The van der Waals surface area contributed by atoms with Gasteiger partial charge in [0.25, 0.3) is 0 Å². The summed E-state index contributed by atoms with van der Waals surface area (Å²) in [5.41, 5.74) is 0.279. The van der Waals surface area contributed by atoms with Gasteiger partial charge in [0.15, 0.2) is 5.96 Å². The lowest BCUT2D eigenvalue weighted by molar-refractivity contribution is -0.274. The molecule has 0 saturated heterocycles. The molecule has 1 unspecified atom stereocenters. The maximum Gasteiger partial charge on any atom is 0.573 e. The molecule has 0 spiro atoms. The van der Waals surface area contributed by atoms with Gasteiger partial charge in [-0.15, -0.1) is 13.2 Å². The fourth-order valence-corrected chi connectivity index (χ4v) is 1.96. The maximum atomic E-state index is 12.4. The molecule has 0 radical (unpaired) electrons. The number of hydrogen-bond acceptors (Lipinski definition) is 5. The monoisotopic (exact) mass is 303 g/mol. The third kappa shape index (κ3) is 4.17. The molecule has 0 fully saturated rings. The Morgan fingerprint density at radius 1 is 1.38 bits per heavy atom. The number of aliphatic imine (C=N–C) groups is 1. The van der Waals surface area contributed by atoms with Gasteiger partial charge in [-0.25, -0.2) is 0 Å². The van der Waals surface area contributed by atoms with Crippen molar-refractivity contribution in [1.82, 2.24) is 10.6 Å². The number of nitrogens with one attached hydrogen (secondary N) is 2. The average molecular weight is 303 g/mol. The zero-order valence-corrected chi connectivity index (χ0v) is 11.6. The zero-order chi connectivity index (χ0) is 15.5.